The molecule has 0 bridgehead atoms. The van der Waals surface area contributed by atoms with Crippen molar-refractivity contribution in [2.24, 2.45) is 0 Å². The number of anilines is 2. The number of benzene rings is 1. The summed E-state index contributed by atoms with van der Waals surface area (Å²) in [5.74, 6) is 0.353. The third-order valence-electron chi connectivity index (χ3n) is 2.21. The second kappa shape index (κ2) is 5.13. The second-order valence-corrected chi connectivity index (χ2v) is 3.69. The van der Waals surface area contributed by atoms with Crippen LogP contribution in [0.3, 0.4) is 0 Å². The first-order chi connectivity index (χ1) is 8.65. The summed E-state index contributed by atoms with van der Waals surface area (Å²) < 4.78 is 0. The van der Waals surface area contributed by atoms with Gasteiger partial charge in [-0.2, -0.15) is 0 Å². The summed E-state index contributed by atoms with van der Waals surface area (Å²) in [6.45, 7) is 1.85. The van der Waals surface area contributed by atoms with E-state index in [-0.39, 0.29) is 5.75 Å². The number of nitrogens with zero attached hydrogens (tertiary/aromatic N) is 2. The van der Waals surface area contributed by atoms with Gasteiger partial charge in [-0.3, -0.25) is 10.3 Å². The Balaban J connectivity index is 2.03. The van der Waals surface area contributed by atoms with E-state index in [1.54, 1.807) is 18.2 Å². The summed E-state index contributed by atoms with van der Waals surface area (Å²) in [4.78, 5) is 19.3. The van der Waals surface area contributed by atoms with Gasteiger partial charge in [-0.15, -0.1) is 0 Å². The number of hydrogen-bond acceptors (Lipinski definition) is 4. The zero-order chi connectivity index (χ0) is 13.0. The summed E-state index contributed by atoms with van der Waals surface area (Å²) in [7, 11) is 0. The molecule has 3 N–H and O–H groups in total. The minimum atomic E-state index is -0.491. The molecule has 1 aromatic heterocycles. The van der Waals surface area contributed by atoms with E-state index in [4.69, 9.17) is 0 Å². The summed E-state index contributed by atoms with van der Waals surface area (Å²) in [6, 6.07) is 4.49. The SMILES string of the molecule is Cc1ccc(NC(=O)Nc2cnccn2)c(O)c1. The highest BCUT2D eigenvalue weighted by molar-refractivity contribution is 5.99. The van der Waals surface area contributed by atoms with Gasteiger partial charge >= 0.3 is 6.03 Å². The van der Waals surface area contributed by atoms with Gasteiger partial charge in [0.05, 0.1) is 11.9 Å². The van der Waals surface area contributed by atoms with Crippen molar-refractivity contribution in [2.45, 2.75) is 6.92 Å². The minimum absolute atomic E-state index is 0.0179. The van der Waals surface area contributed by atoms with Crippen molar-refractivity contribution in [3.8, 4) is 5.75 Å². The Morgan fingerprint density at radius 1 is 1.28 bits per heavy atom. The van der Waals surface area contributed by atoms with Crippen molar-refractivity contribution in [1.29, 1.82) is 0 Å². The Morgan fingerprint density at radius 3 is 2.78 bits per heavy atom. The fourth-order valence-corrected chi connectivity index (χ4v) is 1.38. The molecule has 0 saturated carbocycles. The molecule has 0 aliphatic heterocycles. The molecule has 2 aromatic rings. The number of carbonyl (C=O) groups excluding carboxylic acids is 1. The molecule has 1 aromatic carbocycles. The van der Waals surface area contributed by atoms with E-state index >= 15 is 0 Å². The van der Waals surface area contributed by atoms with Crippen LogP contribution >= 0.6 is 0 Å². The van der Waals surface area contributed by atoms with Crippen LogP contribution in [0.5, 0.6) is 5.75 Å². The molecule has 0 aliphatic rings. The number of amides is 2. The van der Waals surface area contributed by atoms with E-state index in [0.717, 1.165) is 5.56 Å². The molecule has 6 nitrogen and oxygen atoms in total. The van der Waals surface area contributed by atoms with Gasteiger partial charge in [0.25, 0.3) is 0 Å². The molecular formula is C12H12N4O2. The molecule has 2 amide bonds. The van der Waals surface area contributed by atoms with E-state index in [1.807, 2.05) is 6.92 Å². The number of rotatable bonds is 2. The van der Waals surface area contributed by atoms with E-state index in [1.165, 1.54) is 18.6 Å². The quantitative estimate of drug-likeness (QED) is 0.706. The molecule has 0 spiro atoms. The van der Waals surface area contributed by atoms with Gasteiger partial charge < -0.3 is 10.4 Å². The van der Waals surface area contributed by atoms with Crippen molar-refractivity contribution in [3.05, 3.63) is 42.4 Å². The highest BCUT2D eigenvalue weighted by Gasteiger charge is 2.06. The smallest absolute Gasteiger partial charge is 0.324 e. The summed E-state index contributed by atoms with van der Waals surface area (Å²) in [6.07, 6.45) is 4.41. The second-order valence-electron chi connectivity index (χ2n) is 3.69. The van der Waals surface area contributed by atoms with Crippen LogP contribution in [0.1, 0.15) is 5.56 Å². The molecule has 2 rings (SSSR count). The average Bonchev–Trinajstić information content (AvgIpc) is 2.34. The third-order valence-corrected chi connectivity index (χ3v) is 2.21. The van der Waals surface area contributed by atoms with E-state index in [2.05, 4.69) is 20.6 Å². The lowest BCUT2D eigenvalue weighted by Gasteiger charge is -2.08. The van der Waals surface area contributed by atoms with Crippen molar-refractivity contribution >= 4 is 17.5 Å². The monoisotopic (exact) mass is 244 g/mol. The van der Waals surface area contributed by atoms with Crippen LogP contribution in [0.15, 0.2) is 36.8 Å². The van der Waals surface area contributed by atoms with Crippen LogP contribution in [0.4, 0.5) is 16.3 Å². The lowest BCUT2D eigenvalue weighted by Crippen LogP contribution is -2.20. The molecule has 1 heterocycles. The van der Waals surface area contributed by atoms with E-state index < -0.39 is 6.03 Å². The minimum Gasteiger partial charge on any atom is -0.506 e. The molecule has 0 unspecified atom stereocenters. The van der Waals surface area contributed by atoms with Gasteiger partial charge in [-0.05, 0) is 24.6 Å². The summed E-state index contributed by atoms with van der Waals surface area (Å²) in [5, 5.41) is 14.7. The molecule has 92 valence electrons. The molecule has 6 heteroatoms. The van der Waals surface area contributed by atoms with Gasteiger partial charge in [-0.1, -0.05) is 6.07 Å². The predicted molar refractivity (Wildman–Crippen MR) is 67.5 cm³/mol. The number of hydrogen-bond donors (Lipinski definition) is 3. The highest BCUT2D eigenvalue weighted by Crippen LogP contribution is 2.23. The standard InChI is InChI=1S/C12H12N4O2/c1-8-2-3-9(10(17)6-8)15-12(18)16-11-7-13-4-5-14-11/h2-7,17H,1H3,(H2,14,15,16,18). The van der Waals surface area contributed by atoms with Crippen LogP contribution in [-0.4, -0.2) is 21.1 Å². The molecule has 18 heavy (non-hydrogen) atoms. The number of aromatic nitrogens is 2. The molecule has 0 atom stereocenters. The largest absolute Gasteiger partial charge is 0.506 e. The Morgan fingerprint density at radius 2 is 2.11 bits per heavy atom. The zero-order valence-electron chi connectivity index (χ0n) is 9.71. The molecular weight excluding hydrogens is 232 g/mol. The molecule has 0 radical (unpaired) electrons. The van der Waals surface area contributed by atoms with Crippen molar-refractivity contribution in [3.63, 3.8) is 0 Å². The zero-order valence-corrected chi connectivity index (χ0v) is 9.71. The topological polar surface area (TPSA) is 87.1 Å². The number of aromatic hydroxyl groups is 1. The number of nitrogens with one attached hydrogen (secondary N) is 2. The number of urea groups is 1. The van der Waals surface area contributed by atoms with Crippen LogP contribution in [0.2, 0.25) is 0 Å². The maximum atomic E-state index is 11.6. The van der Waals surface area contributed by atoms with E-state index in [0.29, 0.717) is 11.5 Å². The van der Waals surface area contributed by atoms with Crippen LogP contribution in [0.25, 0.3) is 0 Å². The van der Waals surface area contributed by atoms with Crippen molar-refractivity contribution in [1.82, 2.24) is 9.97 Å². The maximum absolute atomic E-state index is 11.6. The number of aryl methyl sites for hydroxylation is 1. The first kappa shape index (κ1) is 11.8. The summed E-state index contributed by atoms with van der Waals surface area (Å²) in [5.41, 5.74) is 1.24. The average molecular weight is 244 g/mol. The van der Waals surface area contributed by atoms with Gasteiger partial charge in [-0.25, -0.2) is 9.78 Å². The van der Waals surface area contributed by atoms with Crippen molar-refractivity contribution in [2.75, 3.05) is 10.6 Å². The molecule has 0 saturated heterocycles. The molecule has 0 fully saturated rings. The maximum Gasteiger partial charge on any atom is 0.324 e. The third kappa shape index (κ3) is 2.94. The first-order valence-corrected chi connectivity index (χ1v) is 5.29. The van der Waals surface area contributed by atoms with E-state index in [9.17, 15) is 9.90 Å². The van der Waals surface area contributed by atoms with Gasteiger partial charge in [0, 0.05) is 12.4 Å². The predicted octanol–water partition coefficient (Wildman–Crippen LogP) is 2.13. The van der Waals surface area contributed by atoms with Crippen LogP contribution < -0.4 is 10.6 Å². The number of phenols is 1. The van der Waals surface area contributed by atoms with Gasteiger partial charge in [0.1, 0.15) is 5.75 Å². The lowest BCUT2D eigenvalue weighted by molar-refractivity contribution is 0.262. The van der Waals surface area contributed by atoms with Crippen LogP contribution in [0, 0.1) is 6.92 Å². The number of carbonyl (C=O) groups is 1. The Kier molecular flexibility index (Phi) is 3.38. The number of phenolic OH excluding ortho intramolecular Hbond substituents is 1. The summed E-state index contributed by atoms with van der Waals surface area (Å²) >= 11 is 0. The first-order valence-electron chi connectivity index (χ1n) is 5.29. The molecule has 0 aliphatic carbocycles. The van der Waals surface area contributed by atoms with Crippen LogP contribution in [-0.2, 0) is 0 Å². The fraction of sp³-hybridized carbons (Fsp3) is 0.0833. The normalized spacial score (nSPS) is 9.83. The lowest BCUT2D eigenvalue weighted by atomic mass is 10.2. The van der Waals surface area contributed by atoms with Gasteiger partial charge in [0.15, 0.2) is 5.82 Å². The Labute approximate surface area is 104 Å². The van der Waals surface area contributed by atoms with Gasteiger partial charge in [0.2, 0.25) is 0 Å². The Bertz CT molecular complexity index is 557. The fourth-order valence-electron chi connectivity index (χ4n) is 1.38. The Hall–Kier alpha value is -2.63. The van der Waals surface area contributed by atoms with Crippen molar-refractivity contribution < 1.29 is 9.90 Å². The highest BCUT2D eigenvalue weighted by atomic mass is 16.3.